The first-order chi connectivity index (χ1) is 13.3. The SMILES string of the molecule is CC(C)(C)OC(=O)N1CCC(NC(=O)c2cccc(-c3cccnc3)c2)CC1. The van der Waals surface area contributed by atoms with Gasteiger partial charge in [0.15, 0.2) is 0 Å². The van der Waals surface area contributed by atoms with Crippen LogP contribution < -0.4 is 5.32 Å². The first-order valence-electron chi connectivity index (χ1n) is 9.61. The highest BCUT2D eigenvalue weighted by molar-refractivity contribution is 5.95. The summed E-state index contributed by atoms with van der Waals surface area (Å²) < 4.78 is 5.41. The lowest BCUT2D eigenvalue weighted by Gasteiger charge is -2.33. The van der Waals surface area contributed by atoms with Crippen LogP contribution in [0.2, 0.25) is 0 Å². The molecule has 28 heavy (non-hydrogen) atoms. The Morgan fingerprint density at radius 1 is 1.11 bits per heavy atom. The third-order valence-corrected chi connectivity index (χ3v) is 4.60. The zero-order valence-corrected chi connectivity index (χ0v) is 16.6. The van der Waals surface area contributed by atoms with E-state index in [0.717, 1.165) is 11.1 Å². The second kappa shape index (κ2) is 8.42. The van der Waals surface area contributed by atoms with Gasteiger partial charge in [0.05, 0.1) is 0 Å². The van der Waals surface area contributed by atoms with E-state index in [4.69, 9.17) is 4.74 Å². The summed E-state index contributed by atoms with van der Waals surface area (Å²) in [5.74, 6) is -0.0959. The molecule has 148 valence electrons. The molecule has 1 aliphatic heterocycles. The highest BCUT2D eigenvalue weighted by Gasteiger charge is 2.27. The monoisotopic (exact) mass is 381 g/mol. The Hall–Kier alpha value is -2.89. The summed E-state index contributed by atoms with van der Waals surface area (Å²) in [7, 11) is 0. The smallest absolute Gasteiger partial charge is 0.410 e. The summed E-state index contributed by atoms with van der Waals surface area (Å²) in [6.07, 6.45) is 4.65. The fourth-order valence-corrected chi connectivity index (χ4v) is 3.18. The Morgan fingerprint density at radius 2 is 1.82 bits per heavy atom. The van der Waals surface area contributed by atoms with Crippen LogP contribution in [0.1, 0.15) is 44.0 Å². The van der Waals surface area contributed by atoms with Crippen molar-refractivity contribution < 1.29 is 14.3 Å². The molecule has 0 aliphatic carbocycles. The molecule has 2 aromatic rings. The van der Waals surface area contributed by atoms with Crippen LogP contribution in [-0.4, -0.2) is 46.6 Å². The lowest BCUT2D eigenvalue weighted by molar-refractivity contribution is 0.0199. The molecular formula is C22H27N3O3. The molecule has 0 saturated carbocycles. The van der Waals surface area contributed by atoms with Crippen LogP contribution >= 0.6 is 0 Å². The first-order valence-corrected chi connectivity index (χ1v) is 9.61. The number of carbonyl (C=O) groups excluding carboxylic acids is 2. The molecule has 6 heteroatoms. The van der Waals surface area contributed by atoms with Gasteiger partial charge >= 0.3 is 6.09 Å². The van der Waals surface area contributed by atoms with E-state index in [1.165, 1.54) is 0 Å². The highest BCUT2D eigenvalue weighted by atomic mass is 16.6. The van der Waals surface area contributed by atoms with E-state index in [1.807, 2.05) is 57.2 Å². The number of aromatic nitrogens is 1. The third kappa shape index (κ3) is 5.31. The predicted octanol–water partition coefficient (Wildman–Crippen LogP) is 3.88. The molecule has 6 nitrogen and oxygen atoms in total. The molecule has 0 bridgehead atoms. The number of likely N-dealkylation sites (tertiary alicyclic amines) is 1. The quantitative estimate of drug-likeness (QED) is 0.876. The van der Waals surface area contributed by atoms with Gasteiger partial charge in [-0.3, -0.25) is 9.78 Å². The average Bonchev–Trinajstić information content (AvgIpc) is 2.68. The van der Waals surface area contributed by atoms with Crippen molar-refractivity contribution in [2.45, 2.75) is 45.3 Å². The van der Waals surface area contributed by atoms with Gasteiger partial charge in [0.2, 0.25) is 0 Å². The maximum Gasteiger partial charge on any atom is 0.410 e. The number of ether oxygens (including phenoxy) is 1. The molecule has 1 saturated heterocycles. The Balaban J connectivity index is 1.56. The van der Waals surface area contributed by atoms with Gasteiger partial charge in [-0.25, -0.2) is 4.79 Å². The molecule has 0 unspecified atom stereocenters. The van der Waals surface area contributed by atoms with Crippen molar-refractivity contribution in [1.29, 1.82) is 0 Å². The summed E-state index contributed by atoms with van der Waals surface area (Å²) in [4.78, 5) is 30.6. The van der Waals surface area contributed by atoms with Gasteiger partial charge < -0.3 is 15.0 Å². The minimum Gasteiger partial charge on any atom is -0.444 e. The molecule has 1 aromatic carbocycles. The summed E-state index contributed by atoms with van der Waals surface area (Å²) in [5, 5.41) is 3.09. The minimum absolute atomic E-state index is 0.0493. The number of carbonyl (C=O) groups is 2. The molecule has 1 aromatic heterocycles. The van der Waals surface area contributed by atoms with E-state index in [2.05, 4.69) is 10.3 Å². The zero-order chi connectivity index (χ0) is 20.1. The molecule has 1 N–H and O–H groups in total. The van der Waals surface area contributed by atoms with Crippen molar-refractivity contribution in [3.05, 3.63) is 54.4 Å². The maximum atomic E-state index is 12.7. The molecule has 0 atom stereocenters. The van der Waals surface area contributed by atoms with Crippen molar-refractivity contribution in [2.75, 3.05) is 13.1 Å². The number of rotatable bonds is 3. The molecule has 3 rings (SSSR count). The largest absolute Gasteiger partial charge is 0.444 e. The van der Waals surface area contributed by atoms with Crippen molar-refractivity contribution in [2.24, 2.45) is 0 Å². The van der Waals surface area contributed by atoms with Crippen molar-refractivity contribution in [3.63, 3.8) is 0 Å². The predicted molar refractivity (Wildman–Crippen MR) is 108 cm³/mol. The minimum atomic E-state index is -0.499. The van der Waals surface area contributed by atoms with Crippen LogP contribution in [0, 0.1) is 0 Å². The van der Waals surface area contributed by atoms with Crippen LogP contribution in [0.15, 0.2) is 48.8 Å². The third-order valence-electron chi connectivity index (χ3n) is 4.60. The lowest BCUT2D eigenvalue weighted by atomic mass is 10.0. The van der Waals surface area contributed by atoms with Gasteiger partial charge in [-0.1, -0.05) is 18.2 Å². The normalized spacial score (nSPS) is 15.2. The molecule has 0 spiro atoms. The molecule has 1 fully saturated rings. The second-order valence-electron chi connectivity index (χ2n) is 8.04. The van der Waals surface area contributed by atoms with E-state index in [9.17, 15) is 9.59 Å². The fraction of sp³-hybridized carbons (Fsp3) is 0.409. The summed E-state index contributed by atoms with van der Waals surface area (Å²) in [6.45, 7) is 6.73. The Bertz CT molecular complexity index is 822. The van der Waals surface area contributed by atoms with Gasteiger partial charge in [0, 0.05) is 42.7 Å². The van der Waals surface area contributed by atoms with E-state index >= 15 is 0 Å². The van der Waals surface area contributed by atoms with E-state index in [1.54, 1.807) is 17.3 Å². The standard InChI is InChI=1S/C22H27N3O3/c1-22(2,3)28-21(27)25-12-9-19(10-13-25)24-20(26)17-7-4-6-16(14-17)18-8-5-11-23-15-18/h4-8,11,14-15,19H,9-10,12-13H2,1-3H3,(H,24,26). The van der Waals surface area contributed by atoms with Crippen LogP contribution in [0.3, 0.4) is 0 Å². The summed E-state index contributed by atoms with van der Waals surface area (Å²) in [5.41, 5.74) is 2.06. The Morgan fingerprint density at radius 3 is 2.46 bits per heavy atom. The molecule has 2 amide bonds. The van der Waals surface area contributed by atoms with Crippen molar-refractivity contribution in [3.8, 4) is 11.1 Å². The van der Waals surface area contributed by atoms with Gasteiger partial charge in [-0.05, 0) is 57.4 Å². The molecular weight excluding hydrogens is 354 g/mol. The van der Waals surface area contributed by atoms with Crippen molar-refractivity contribution >= 4 is 12.0 Å². The number of benzene rings is 1. The second-order valence-corrected chi connectivity index (χ2v) is 8.04. The van der Waals surface area contributed by atoms with E-state index < -0.39 is 5.60 Å². The van der Waals surface area contributed by atoms with Gasteiger partial charge in [0.25, 0.3) is 5.91 Å². The maximum absolute atomic E-state index is 12.7. The Kier molecular flexibility index (Phi) is 5.97. The number of hydrogen-bond donors (Lipinski definition) is 1. The Labute approximate surface area is 165 Å². The van der Waals surface area contributed by atoms with Crippen molar-refractivity contribution in [1.82, 2.24) is 15.2 Å². The summed E-state index contributed by atoms with van der Waals surface area (Å²) in [6, 6.07) is 11.4. The van der Waals surface area contributed by atoms with Crippen LogP contribution in [0.4, 0.5) is 4.79 Å². The van der Waals surface area contributed by atoms with E-state index in [0.29, 0.717) is 31.5 Å². The number of nitrogens with zero attached hydrogens (tertiary/aromatic N) is 2. The first kappa shape index (κ1) is 19.9. The number of piperidine rings is 1. The summed E-state index contributed by atoms with van der Waals surface area (Å²) >= 11 is 0. The van der Waals surface area contributed by atoms with Crippen LogP contribution in [0.25, 0.3) is 11.1 Å². The zero-order valence-electron chi connectivity index (χ0n) is 16.6. The number of amides is 2. The highest BCUT2D eigenvalue weighted by Crippen LogP contribution is 2.20. The molecule has 1 aliphatic rings. The fourth-order valence-electron chi connectivity index (χ4n) is 3.18. The van der Waals surface area contributed by atoms with Gasteiger partial charge in [-0.2, -0.15) is 0 Å². The van der Waals surface area contributed by atoms with Gasteiger partial charge in [0.1, 0.15) is 5.60 Å². The molecule has 2 heterocycles. The van der Waals surface area contributed by atoms with Crippen LogP contribution in [-0.2, 0) is 4.74 Å². The number of pyridine rings is 1. The average molecular weight is 381 g/mol. The van der Waals surface area contributed by atoms with Gasteiger partial charge in [-0.15, -0.1) is 0 Å². The number of hydrogen-bond acceptors (Lipinski definition) is 4. The molecule has 0 radical (unpaired) electrons. The van der Waals surface area contributed by atoms with Crippen LogP contribution in [0.5, 0.6) is 0 Å². The topological polar surface area (TPSA) is 71.5 Å². The van der Waals surface area contributed by atoms with E-state index in [-0.39, 0.29) is 18.0 Å². The number of nitrogens with one attached hydrogen (secondary N) is 1. The lowest BCUT2D eigenvalue weighted by Crippen LogP contribution is -2.47.